The van der Waals surface area contributed by atoms with Gasteiger partial charge in [0.25, 0.3) is 0 Å². The van der Waals surface area contributed by atoms with Crippen molar-refractivity contribution in [3.05, 3.63) is 23.8 Å². The number of carbonyl (C=O) groups excluding carboxylic acids is 1. The van der Waals surface area contributed by atoms with Crippen molar-refractivity contribution in [2.75, 3.05) is 25.5 Å². The third-order valence-electron chi connectivity index (χ3n) is 2.90. The second-order valence-electron chi connectivity index (χ2n) is 4.60. The molecule has 0 aromatic heterocycles. The first kappa shape index (κ1) is 13.7. The Morgan fingerprint density at radius 2 is 2.00 bits per heavy atom. The Kier molecular flexibility index (Phi) is 4.31. The van der Waals surface area contributed by atoms with Gasteiger partial charge >= 0.3 is 0 Å². The molecule has 1 saturated carbocycles. The van der Waals surface area contributed by atoms with Crippen LogP contribution in [0.1, 0.15) is 12.8 Å². The van der Waals surface area contributed by atoms with E-state index >= 15 is 0 Å². The molecule has 19 heavy (non-hydrogen) atoms. The summed E-state index contributed by atoms with van der Waals surface area (Å²) in [5.41, 5.74) is 0.0778. The number of carbonyl (C=O) groups is 1. The average Bonchev–Trinajstić information content (AvgIpc) is 3.12. The van der Waals surface area contributed by atoms with Crippen LogP contribution in [-0.4, -0.2) is 26.1 Å². The zero-order valence-electron chi connectivity index (χ0n) is 10.6. The molecule has 4 nitrogen and oxygen atoms in total. The molecule has 0 atom stereocenters. The summed E-state index contributed by atoms with van der Waals surface area (Å²) in [4.78, 5) is 11.5. The third kappa shape index (κ3) is 3.89. The molecular formula is C13H16F2N2O2. The number of nitrogens with one attached hydrogen (secondary N) is 2. The number of benzene rings is 1. The Balaban J connectivity index is 1.88. The Bertz CT molecular complexity index is 453. The molecule has 2 rings (SSSR count). The molecule has 6 heteroatoms. The Morgan fingerprint density at radius 3 is 2.53 bits per heavy atom. The molecule has 1 fully saturated rings. The normalized spacial score (nSPS) is 14.3. The fourth-order valence-corrected chi connectivity index (χ4v) is 1.74. The van der Waals surface area contributed by atoms with E-state index in [0.717, 1.165) is 18.7 Å². The summed E-state index contributed by atoms with van der Waals surface area (Å²) in [7, 11) is 1.18. The number of hydrogen-bond acceptors (Lipinski definition) is 3. The van der Waals surface area contributed by atoms with E-state index in [1.165, 1.54) is 20.0 Å². The standard InChI is InChI=1S/C13H16F2N2O2/c1-19-13-10(14)4-9(5-11(13)15)17-12(18)7-16-6-8-2-3-8/h4-5,8,16H,2-3,6-7H2,1H3,(H,17,18). The van der Waals surface area contributed by atoms with Crippen molar-refractivity contribution < 1.29 is 18.3 Å². The van der Waals surface area contributed by atoms with Gasteiger partial charge in [-0.1, -0.05) is 0 Å². The van der Waals surface area contributed by atoms with Gasteiger partial charge in [0.05, 0.1) is 13.7 Å². The molecule has 0 radical (unpaired) electrons. The summed E-state index contributed by atoms with van der Waals surface area (Å²) in [6, 6.07) is 2.06. The van der Waals surface area contributed by atoms with Crippen molar-refractivity contribution in [1.29, 1.82) is 0 Å². The largest absolute Gasteiger partial charge is 0.491 e. The van der Waals surface area contributed by atoms with Gasteiger partial charge in [-0.3, -0.25) is 4.79 Å². The van der Waals surface area contributed by atoms with Gasteiger partial charge in [-0.25, -0.2) is 8.78 Å². The second-order valence-corrected chi connectivity index (χ2v) is 4.60. The molecule has 104 valence electrons. The van der Waals surface area contributed by atoms with Gasteiger partial charge in [0, 0.05) is 17.8 Å². The molecule has 1 aliphatic carbocycles. The van der Waals surface area contributed by atoms with Crippen LogP contribution >= 0.6 is 0 Å². The van der Waals surface area contributed by atoms with Crippen molar-refractivity contribution in [1.82, 2.24) is 5.32 Å². The molecule has 0 unspecified atom stereocenters. The lowest BCUT2D eigenvalue weighted by Gasteiger charge is -2.09. The number of rotatable bonds is 6. The summed E-state index contributed by atoms with van der Waals surface area (Å²) in [5.74, 6) is -1.80. The first-order valence-electron chi connectivity index (χ1n) is 6.13. The molecule has 0 saturated heterocycles. The van der Waals surface area contributed by atoms with Crippen molar-refractivity contribution in [2.45, 2.75) is 12.8 Å². The van der Waals surface area contributed by atoms with Crippen LogP contribution in [0.5, 0.6) is 5.75 Å². The van der Waals surface area contributed by atoms with Gasteiger partial charge < -0.3 is 15.4 Å². The molecule has 2 N–H and O–H groups in total. The lowest BCUT2D eigenvalue weighted by atomic mass is 10.2. The third-order valence-corrected chi connectivity index (χ3v) is 2.90. The molecule has 1 aromatic carbocycles. The molecule has 0 aliphatic heterocycles. The summed E-state index contributed by atoms with van der Waals surface area (Å²) in [6.07, 6.45) is 2.40. The molecule has 1 aliphatic rings. The van der Waals surface area contributed by atoms with Gasteiger partial charge in [0.1, 0.15) is 0 Å². The van der Waals surface area contributed by atoms with Crippen LogP contribution in [0.2, 0.25) is 0 Å². The van der Waals surface area contributed by atoms with E-state index < -0.39 is 17.4 Å². The number of ether oxygens (including phenoxy) is 1. The minimum absolute atomic E-state index is 0.0778. The average molecular weight is 270 g/mol. The predicted octanol–water partition coefficient (Wildman–Crippen LogP) is 1.91. The van der Waals surface area contributed by atoms with Crippen LogP contribution in [0.25, 0.3) is 0 Å². The van der Waals surface area contributed by atoms with Crippen molar-refractivity contribution >= 4 is 11.6 Å². The number of amides is 1. The highest BCUT2D eigenvalue weighted by atomic mass is 19.1. The van der Waals surface area contributed by atoms with Crippen molar-refractivity contribution in [2.24, 2.45) is 5.92 Å². The lowest BCUT2D eigenvalue weighted by molar-refractivity contribution is -0.115. The van der Waals surface area contributed by atoms with E-state index in [4.69, 9.17) is 0 Å². The maximum Gasteiger partial charge on any atom is 0.238 e. The smallest absolute Gasteiger partial charge is 0.238 e. The monoisotopic (exact) mass is 270 g/mol. The first-order valence-corrected chi connectivity index (χ1v) is 6.13. The highest BCUT2D eigenvalue weighted by Crippen LogP contribution is 2.27. The van der Waals surface area contributed by atoms with Gasteiger partial charge in [0.2, 0.25) is 5.91 Å². The SMILES string of the molecule is COc1c(F)cc(NC(=O)CNCC2CC2)cc1F. The minimum Gasteiger partial charge on any atom is -0.491 e. The fraction of sp³-hybridized carbons (Fsp3) is 0.462. The molecule has 0 spiro atoms. The summed E-state index contributed by atoms with van der Waals surface area (Å²) in [6.45, 7) is 0.935. The summed E-state index contributed by atoms with van der Waals surface area (Å²) in [5, 5.41) is 5.43. The molecular weight excluding hydrogens is 254 g/mol. The van der Waals surface area contributed by atoms with Crippen molar-refractivity contribution in [3.63, 3.8) is 0 Å². The van der Waals surface area contributed by atoms with Gasteiger partial charge in [-0.15, -0.1) is 0 Å². The van der Waals surface area contributed by atoms with E-state index in [2.05, 4.69) is 15.4 Å². The topological polar surface area (TPSA) is 50.4 Å². The maximum absolute atomic E-state index is 13.4. The van der Waals surface area contributed by atoms with Gasteiger partial charge in [0.15, 0.2) is 17.4 Å². The quantitative estimate of drug-likeness (QED) is 0.830. The van der Waals surface area contributed by atoms with E-state index in [9.17, 15) is 13.6 Å². The van der Waals surface area contributed by atoms with Crippen LogP contribution < -0.4 is 15.4 Å². The number of hydrogen-bond donors (Lipinski definition) is 2. The molecule has 0 bridgehead atoms. The number of methoxy groups -OCH3 is 1. The van der Waals surface area contributed by atoms with Crippen LogP contribution in [0.4, 0.5) is 14.5 Å². The summed E-state index contributed by atoms with van der Waals surface area (Å²) < 4.78 is 31.4. The maximum atomic E-state index is 13.4. The van der Waals surface area contributed by atoms with E-state index in [1.54, 1.807) is 0 Å². The molecule has 0 heterocycles. The van der Waals surface area contributed by atoms with Crippen molar-refractivity contribution in [3.8, 4) is 5.75 Å². The highest BCUT2D eigenvalue weighted by Gasteiger charge is 2.20. The Labute approximate surface area is 110 Å². The predicted molar refractivity (Wildman–Crippen MR) is 67.1 cm³/mol. The van der Waals surface area contributed by atoms with E-state index in [-0.39, 0.29) is 18.1 Å². The lowest BCUT2D eigenvalue weighted by Crippen LogP contribution is -2.29. The van der Waals surface area contributed by atoms with Crippen LogP contribution in [0.3, 0.4) is 0 Å². The van der Waals surface area contributed by atoms with Gasteiger partial charge in [-0.2, -0.15) is 0 Å². The summed E-state index contributed by atoms with van der Waals surface area (Å²) >= 11 is 0. The Hall–Kier alpha value is -1.69. The Morgan fingerprint density at radius 1 is 1.37 bits per heavy atom. The molecule has 1 aromatic rings. The second kappa shape index (κ2) is 5.97. The van der Waals surface area contributed by atoms with Crippen LogP contribution in [0.15, 0.2) is 12.1 Å². The van der Waals surface area contributed by atoms with Crippen LogP contribution in [-0.2, 0) is 4.79 Å². The first-order chi connectivity index (χ1) is 9.10. The molecule has 1 amide bonds. The van der Waals surface area contributed by atoms with E-state index in [0.29, 0.717) is 5.92 Å². The van der Waals surface area contributed by atoms with E-state index in [1.807, 2.05) is 0 Å². The van der Waals surface area contributed by atoms with Crippen LogP contribution in [0, 0.1) is 17.6 Å². The number of anilines is 1. The zero-order valence-corrected chi connectivity index (χ0v) is 10.6. The highest BCUT2D eigenvalue weighted by molar-refractivity contribution is 5.92. The minimum atomic E-state index is -0.844. The van der Waals surface area contributed by atoms with Gasteiger partial charge in [-0.05, 0) is 25.3 Å². The zero-order chi connectivity index (χ0) is 13.8. The number of halogens is 2. The fourth-order valence-electron chi connectivity index (χ4n) is 1.74.